The van der Waals surface area contributed by atoms with Crippen LogP contribution in [-0.4, -0.2) is 23.1 Å². The van der Waals surface area contributed by atoms with Gasteiger partial charge in [0.05, 0.1) is 7.11 Å². The van der Waals surface area contributed by atoms with E-state index in [4.69, 9.17) is 10.5 Å². The third kappa shape index (κ3) is 2.66. The van der Waals surface area contributed by atoms with Crippen molar-refractivity contribution in [2.75, 3.05) is 18.2 Å². The van der Waals surface area contributed by atoms with Crippen molar-refractivity contribution in [1.29, 1.82) is 0 Å². The molecule has 2 unspecified atom stereocenters. The molecule has 1 fully saturated rings. The predicted molar refractivity (Wildman–Crippen MR) is 72.8 cm³/mol. The molecular formula is C13H22N4O. The molecule has 2 rings (SSSR count). The van der Waals surface area contributed by atoms with E-state index >= 15 is 0 Å². The topological polar surface area (TPSA) is 73.1 Å². The Labute approximate surface area is 108 Å². The molecule has 0 spiro atoms. The zero-order valence-electron chi connectivity index (χ0n) is 11.4. The zero-order chi connectivity index (χ0) is 13.1. The molecule has 1 saturated carbocycles. The molecule has 3 N–H and O–H groups in total. The van der Waals surface area contributed by atoms with E-state index in [2.05, 4.69) is 22.2 Å². The maximum absolute atomic E-state index is 6.01. The quantitative estimate of drug-likeness (QED) is 0.861. The Morgan fingerprint density at radius 1 is 1.28 bits per heavy atom. The summed E-state index contributed by atoms with van der Waals surface area (Å²) in [5, 5.41) is 3.46. The normalized spacial score (nSPS) is 23.7. The Kier molecular flexibility index (Phi) is 3.89. The number of aromatic nitrogens is 2. The third-order valence-electron chi connectivity index (χ3n) is 3.65. The van der Waals surface area contributed by atoms with E-state index in [1.165, 1.54) is 25.7 Å². The van der Waals surface area contributed by atoms with Crippen molar-refractivity contribution >= 4 is 11.5 Å². The van der Waals surface area contributed by atoms with Gasteiger partial charge in [-0.05, 0) is 25.7 Å². The number of hydrogen-bond donors (Lipinski definition) is 2. The number of nitrogen functional groups attached to an aromatic ring is 1. The molecule has 1 heterocycles. The van der Waals surface area contributed by atoms with E-state index in [0.29, 0.717) is 35.2 Å². The lowest BCUT2D eigenvalue weighted by Gasteiger charge is -2.30. The van der Waals surface area contributed by atoms with Crippen LogP contribution >= 0.6 is 0 Å². The number of rotatable bonds is 3. The smallest absolute Gasteiger partial charge is 0.242 e. The van der Waals surface area contributed by atoms with Crippen molar-refractivity contribution in [3.8, 4) is 5.88 Å². The van der Waals surface area contributed by atoms with Gasteiger partial charge in [0.2, 0.25) is 5.88 Å². The summed E-state index contributed by atoms with van der Waals surface area (Å²) in [6.45, 7) is 4.12. The Hall–Kier alpha value is -1.52. The number of aryl methyl sites for hydroxylation is 1. The summed E-state index contributed by atoms with van der Waals surface area (Å²) in [6, 6.07) is 0.444. The van der Waals surface area contributed by atoms with Crippen LogP contribution in [0, 0.1) is 12.8 Å². The number of nitrogens with one attached hydrogen (secondary N) is 1. The molecule has 0 saturated heterocycles. The van der Waals surface area contributed by atoms with E-state index in [9.17, 15) is 0 Å². The Morgan fingerprint density at radius 2 is 2.00 bits per heavy atom. The molecular weight excluding hydrogens is 228 g/mol. The minimum Gasteiger partial charge on any atom is -0.479 e. The molecule has 5 heteroatoms. The fraction of sp³-hybridized carbons (Fsp3) is 0.692. The number of ether oxygens (including phenoxy) is 1. The minimum absolute atomic E-state index is 0.444. The van der Waals surface area contributed by atoms with E-state index in [-0.39, 0.29) is 0 Å². The molecule has 1 aromatic rings. The van der Waals surface area contributed by atoms with Crippen LogP contribution < -0.4 is 15.8 Å². The molecule has 0 bridgehead atoms. The third-order valence-corrected chi connectivity index (χ3v) is 3.65. The van der Waals surface area contributed by atoms with Gasteiger partial charge in [-0.15, -0.1) is 0 Å². The highest BCUT2D eigenvalue weighted by Gasteiger charge is 2.23. The van der Waals surface area contributed by atoms with Crippen LogP contribution in [0.15, 0.2) is 0 Å². The standard InChI is InChI=1S/C13H22N4O/c1-8-6-4-5-7-10(8)17-12-11(14)13(18-3)16-9(2)15-12/h8,10H,4-7,14H2,1-3H3,(H,15,16,17). The Morgan fingerprint density at radius 3 is 2.67 bits per heavy atom. The van der Waals surface area contributed by atoms with Gasteiger partial charge >= 0.3 is 0 Å². The first-order valence-electron chi connectivity index (χ1n) is 6.56. The van der Waals surface area contributed by atoms with Gasteiger partial charge in [-0.25, -0.2) is 4.98 Å². The number of methoxy groups -OCH3 is 1. The van der Waals surface area contributed by atoms with Gasteiger partial charge in [0.1, 0.15) is 11.5 Å². The van der Waals surface area contributed by atoms with Gasteiger partial charge in [-0.3, -0.25) is 0 Å². The summed E-state index contributed by atoms with van der Waals surface area (Å²) in [6.07, 6.45) is 5.02. The maximum atomic E-state index is 6.01. The van der Waals surface area contributed by atoms with Crippen molar-refractivity contribution < 1.29 is 4.74 Å². The van der Waals surface area contributed by atoms with Crippen LogP contribution in [0.1, 0.15) is 38.4 Å². The SMILES string of the molecule is COc1nc(C)nc(NC2CCCCC2C)c1N. The second kappa shape index (κ2) is 5.42. The summed E-state index contributed by atoms with van der Waals surface area (Å²) >= 11 is 0. The molecule has 5 nitrogen and oxygen atoms in total. The lowest BCUT2D eigenvalue weighted by Crippen LogP contribution is -2.31. The highest BCUT2D eigenvalue weighted by atomic mass is 16.5. The van der Waals surface area contributed by atoms with Gasteiger partial charge in [0.25, 0.3) is 0 Å². The maximum Gasteiger partial charge on any atom is 0.242 e. The van der Waals surface area contributed by atoms with Gasteiger partial charge < -0.3 is 15.8 Å². The van der Waals surface area contributed by atoms with Crippen LogP contribution in [-0.2, 0) is 0 Å². The van der Waals surface area contributed by atoms with Crippen molar-refractivity contribution in [2.24, 2.45) is 5.92 Å². The van der Waals surface area contributed by atoms with Crippen LogP contribution in [0.2, 0.25) is 0 Å². The summed E-state index contributed by atoms with van der Waals surface area (Å²) in [5.74, 6) is 2.48. The number of hydrogen-bond acceptors (Lipinski definition) is 5. The predicted octanol–water partition coefficient (Wildman–Crippen LogP) is 2.37. The highest BCUT2D eigenvalue weighted by Crippen LogP contribution is 2.31. The first kappa shape index (κ1) is 12.9. The first-order valence-corrected chi connectivity index (χ1v) is 6.56. The molecule has 18 heavy (non-hydrogen) atoms. The average Bonchev–Trinajstić information content (AvgIpc) is 2.36. The Balaban J connectivity index is 2.20. The van der Waals surface area contributed by atoms with Crippen molar-refractivity contribution in [1.82, 2.24) is 9.97 Å². The number of anilines is 2. The molecule has 0 aromatic carbocycles. The molecule has 1 aliphatic carbocycles. The van der Waals surface area contributed by atoms with Crippen LogP contribution in [0.4, 0.5) is 11.5 Å². The largest absolute Gasteiger partial charge is 0.479 e. The second-order valence-corrected chi connectivity index (χ2v) is 5.05. The van der Waals surface area contributed by atoms with Crippen molar-refractivity contribution in [2.45, 2.75) is 45.6 Å². The van der Waals surface area contributed by atoms with Gasteiger partial charge in [0.15, 0.2) is 5.82 Å². The lowest BCUT2D eigenvalue weighted by atomic mass is 9.86. The first-order chi connectivity index (χ1) is 8.61. The average molecular weight is 250 g/mol. The molecule has 100 valence electrons. The van der Waals surface area contributed by atoms with Gasteiger partial charge in [-0.1, -0.05) is 19.8 Å². The molecule has 1 aliphatic rings. The Bertz CT molecular complexity index is 422. The molecule has 0 amide bonds. The molecule has 2 atom stereocenters. The van der Waals surface area contributed by atoms with Crippen molar-refractivity contribution in [3.05, 3.63) is 5.82 Å². The molecule has 0 radical (unpaired) electrons. The van der Waals surface area contributed by atoms with Crippen LogP contribution in [0.3, 0.4) is 0 Å². The fourth-order valence-electron chi connectivity index (χ4n) is 2.53. The van der Waals surface area contributed by atoms with E-state index in [1.54, 1.807) is 7.11 Å². The lowest BCUT2D eigenvalue weighted by molar-refractivity contribution is 0.348. The fourth-order valence-corrected chi connectivity index (χ4v) is 2.53. The van der Waals surface area contributed by atoms with Gasteiger partial charge in [-0.2, -0.15) is 4.98 Å². The summed E-state index contributed by atoms with van der Waals surface area (Å²) < 4.78 is 5.17. The number of nitrogens with two attached hydrogens (primary N) is 1. The zero-order valence-corrected chi connectivity index (χ0v) is 11.4. The van der Waals surface area contributed by atoms with E-state index in [1.807, 2.05) is 6.92 Å². The van der Waals surface area contributed by atoms with E-state index in [0.717, 1.165) is 0 Å². The monoisotopic (exact) mass is 250 g/mol. The second-order valence-electron chi connectivity index (χ2n) is 5.05. The number of nitrogens with zero attached hydrogens (tertiary/aromatic N) is 2. The molecule has 1 aromatic heterocycles. The highest BCUT2D eigenvalue weighted by molar-refractivity contribution is 5.67. The minimum atomic E-state index is 0.444. The summed E-state index contributed by atoms with van der Waals surface area (Å²) in [7, 11) is 1.57. The summed E-state index contributed by atoms with van der Waals surface area (Å²) in [4.78, 5) is 8.55. The van der Waals surface area contributed by atoms with Crippen LogP contribution in [0.5, 0.6) is 5.88 Å². The van der Waals surface area contributed by atoms with Crippen molar-refractivity contribution in [3.63, 3.8) is 0 Å². The van der Waals surface area contributed by atoms with Gasteiger partial charge in [0, 0.05) is 6.04 Å². The molecule has 0 aliphatic heterocycles. The van der Waals surface area contributed by atoms with Crippen LogP contribution in [0.25, 0.3) is 0 Å². The summed E-state index contributed by atoms with van der Waals surface area (Å²) in [5.41, 5.74) is 6.51. The van der Waals surface area contributed by atoms with E-state index < -0.39 is 0 Å².